The SMILES string of the molecule is Cc1nc2ccccc2c(=O)n1C(C)C(=O)N1CCCC1. The van der Waals surface area contributed by atoms with Crippen molar-refractivity contribution in [3.63, 3.8) is 0 Å². The van der Waals surface area contributed by atoms with Gasteiger partial charge in [-0.3, -0.25) is 14.2 Å². The van der Waals surface area contributed by atoms with Crippen LogP contribution in [-0.4, -0.2) is 33.4 Å². The highest BCUT2D eigenvalue weighted by atomic mass is 16.2. The van der Waals surface area contributed by atoms with Crippen LogP contribution >= 0.6 is 0 Å². The zero-order valence-electron chi connectivity index (χ0n) is 12.4. The van der Waals surface area contributed by atoms with Gasteiger partial charge in [-0.15, -0.1) is 0 Å². The minimum Gasteiger partial charge on any atom is -0.341 e. The van der Waals surface area contributed by atoms with Crippen molar-refractivity contribution < 1.29 is 4.79 Å². The maximum absolute atomic E-state index is 12.7. The van der Waals surface area contributed by atoms with Gasteiger partial charge >= 0.3 is 0 Å². The number of hydrogen-bond donors (Lipinski definition) is 0. The number of likely N-dealkylation sites (tertiary alicyclic amines) is 1. The largest absolute Gasteiger partial charge is 0.341 e. The zero-order chi connectivity index (χ0) is 15.0. The van der Waals surface area contributed by atoms with Crippen LogP contribution in [0.5, 0.6) is 0 Å². The number of para-hydroxylation sites is 1. The lowest BCUT2D eigenvalue weighted by Crippen LogP contribution is -2.38. The molecule has 2 heterocycles. The molecule has 2 aromatic rings. The summed E-state index contributed by atoms with van der Waals surface area (Å²) in [6.07, 6.45) is 2.09. The number of aryl methyl sites for hydroxylation is 1. The van der Waals surface area contributed by atoms with E-state index in [-0.39, 0.29) is 11.5 Å². The number of fused-ring (bicyclic) bond motifs is 1. The monoisotopic (exact) mass is 285 g/mol. The Bertz CT molecular complexity index is 745. The van der Waals surface area contributed by atoms with Gasteiger partial charge in [0.15, 0.2) is 0 Å². The van der Waals surface area contributed by atoms with Crippen molar-refractivity contribution in [2.45, 2.75) is 32.7 Å². The highest BCUT2D eigenvalue weighted by Crippen LogP contribution is 2.17. The van der Waals surface area contributed by atoms with Crippen LogP contribution in [-0.2, 0) is 4.79 Å². The molecule has 1 unspecified atom stereocenters. The second kappa shape index (κ2) is 5.31. The van der Waals surface area contributed by atoms with Crippen molar-refractivity contribution in [1.82, 2.24) is 14.5 Å². The molecule has 1 aliphatic heterocycles. The third-order valence-corrected chi connectivity index (χ3v) is 4.15. The first kappa shape index (κ1) is 13.8. The van der Waals surface area contributed by atoms with Gasteiger partial charge in [0.25, 0.3) is 5.56 Å². The van der Waals surface area contributed by atoms with E-state index in [1.807, 2.05) is 23.1 Å². The molecule has 110 valence electrons. The van der Waals surface area contributed by atoms with Crippen LogP contribution < -0.4 is 5.56 Å². The van der Waals surface area contributed by atoms with Gasteiger partial charge in [-0.05, 0) is 38.8 Å². The van der Waals surface area contributed by atoms with Crippen molar-refractivity contribution in [2.24, 2.45) is 0 Å². The quantitative estimate of drug-likeness (QED) is 0.846. The molecular weight excluding hydrogens is 266 g/mol. The topological polar surface area (TPSA) is 55.2 Å². The Kier molecular flexibility index (Phi) is 3.49. The van der Waals surface area contributed by atoms with Crippen LogP contribution in [0.1, 0.15) is 31.6 Å². The predicted octanol–water partition coefficient (Wildman–Crippen LogP) is 1.89. The van der Waals surface area contributed by atoms with E-state index >= 15 is 0 Å². The summed E-state index contributed by atoms with van der Waals surface area (Å²) < 4.78 is 1.52. The Morgan fingerprint density at radius 3 is 2.62 bits per heavy atom. The standard InChI is InChI=1S/C16H19N3O2/c1-11(15(20)18-9-5-6-10-18)19-12(2)17-14-8-4-3-7-13(14)16(19)21/h3-4,7-8,11H,5-6,9-10H2,1-2H3. The Labute approximate surface area is 123 Å². The fraction of sp³-hybridized carbons (Fsp3) is 0.438. The Morgan fingerprint density at radius 2 is 1.90 bits per heavy atom. The van der Waals surface area contributed by atoms with Gasteiger partial charge < -0.3 is 4.90 Å². The molecule has 1 aliphatic rings. The van der Waals surface area contributed by atoms with Crippen molar-refractivity contribution in [1.29, 1.82) is 0 Å². The summed E-state index contributed by atoms with van der Waals surface area (Å²) in [6.45, 7) is 5.14. The lowest BCUT2D eigenvalue weighted by atomic mass is 10.2. The molecule has 0 bridgehead atoms. The fourth-order valence-corrected chi connectivity index (χ4v) is 3.03. The number of benzene rings is 1. The van der Waals surface area contributed by atoms with Gasteiger partial charge in [0.2, 0.25) is 5.91 Å². The van der Waals surface area contributed by atoms with Crippen molar-refractivity contribution in [3.8, 4) is 0 Å². The molecule has 0 radical (unpaired) electrons. The fourth-order valence-electron chi connectivity index (χ4n) is 3.03. The van der Waals surface area contributed by atoms with E-state index in [2.05, 4.69) is 4.98 Å². The predicted molar refractivity (Wildman–Crippen MR) is 81.3 cm³/mol. The first-order valence-electron chi connectivity index (χ1n) is 7.36. The summed E-state index contributed by atoms with van der Waals surface area (Å²) >= 11 is 0. The number of amides is 1. The summed E-state index contributed by atoms with van der Waals surface area (Å²) in [5.74, 6) is 0.591. The van der Waals surface area contributed by atoms with E-state index in [1.54, 1.807) is 19.9 Å². The first-order chi connectivity index (χ1) is 10.1. The molecule has 1 fully saturated rings. The molecule has 5 nitrogen and oxygen atoms in total. The molecule has 1 atom stereocenters. The van der Waals surface area contributed by atoms with Gasteiger partial charge in [-0.25, -0.2) is 4.98 Å². The third kappa shape index (κ3) is 2.33. The van der Waals surface area contributed by atoms with Gasteiger partial charge in [0.1, 0.15) is 11.9 Å². The van der Waals surface area contributed by atoms with Gasteiger partial charge in [0, 0.05) is 13.1 Å². The maximum Gasteiger partial charge on any atom is 0.262 e. The van der Waals surface area contributed by atoms with Crippen LogP contribution in [0.4, 0.5) is 0 Å². The van der Waals surface area contributed by atoms with Crippen LogP contribution in [0.15, 0.2) is 29.1 Å². The summed E-state index contributed by atoms with van der Waals surface area (Å²) in [5, 5.41) is 0.559. The number of carbonyl (C=O) groups excluding carboxylic acids is 1. The highest BCUT2D eigenvalue weighted by molar-refractivity contribution is 5.82. The second-order valence-corrected chi connectivity index (χ2v) is 5.56. The maximum atomic E-state index is 12.7. The molecule has 5 heteroatoms. The van der Waals surface area contributed by atoms with Crippen LogP contribution in [0.25, 0.3) is 10.9 Å². The molecule has 21 heavy (non-hydrogen) atoms. The Hall–Kier alpha value is -2.17. The van der Waals surface area contributed by atoms with E-state index in [4.69, 9.17) is 0 Å². The van der Waals surface area contributed by atoms with Crippen molar-refractivity contribution in [3.05, 3.63) is 40.4 Å². The Morgan fingerprint density at radius 1 is 1.24 bits per heavy atom. The van der Waals surface area contributed by atoms with E-state index in [0.717, 1.165) is 25.9 Å². The minimum atomic E-state index is -0.507. The van der Waals surface area contributed by atoms with Crippen LogP contribution in [0, 0.1) is 6.92 Å². The normalized spacial score (nSPS) is 16.4. The van der Waals surface area contributed by atoms with E-state index in [1.165, 1.54) is 4.57 Å². The average molecular weight is 285 g/mol. The highest BCUT2D eigenvalue weighted by Gasteiger charge is 2.26. The summed E-state index contributed by atoms with van der Waals surface area (Å²) in [4.78, 5) is 31.5. The van der Waals surface area contributed by atoms with Gasteiger partial charge in [0.05, 0.1) is 10.9 Å². The third-order valence-electron chi connectivity index (χ3n) is 4.15. The Balaban J connectivity index is 2.07. The summed E-state index contributed by atoms with van der Waals surface area (Å²) in [6, 6.07) is 6.75. The van der Waals surface area contributed by atoms with Crippen LogP contribution in [0.2, 0.25) is 0 Å². The molecule has 0 spiro atoms. The molecule has 0 aliphatic carbocycles. The molecular formula is C16H19N3O2. The summed E-state index contributed by atoms with van der Waals surface area (Å²) in [5.41, 5.74) is 0.537. The van der Waals surface area contributed by atoms with Crippen molar-refractivity contribution in [2.75, 3.05) is 13.1 Å². The van der Waals surface area contributed by atoms with Crippen molar-refractivity contribution >= 4 is 16.8 Å². The minimum absolute atomic E-state index is 0.00906. The van der Waals surface area contributed by atoms with Crippen LogP contribution in [0.3, 0.4) is 0 Å². The smallest absolute Gasteiger partial charge is 0.262 e. The summed E-state index contributed by atoms with van der Waals surface area (Å²) in [7, 11) is 0. The van der Waals surface area contributed by atoms with Gasteiger partial charge in [-0.1, -0.05) is 12.1 Å². The van der Waals surface area contributed by atoms with E-state index in [9.17, 15) is 9.59 Å². The zero-order valence-corrected chi connectivity index (χ0v) is 12.4. The number of nitrogens with zero attached hydrogens (tertiary/aromatic N) is 3. The number of carbonyl (C=O) groups is 1. The lowest BCUT2D eigenvalue weighted by Gasteiger charge is -2.23. The molecule has 0 saturated carbocycles. The van der Waals surface area contributed by atoms with E-state index in [0.29, 0.717) is 16.7 Å². The number of aromatic nitrogens is 2. The lowest BCUT2D eigenvalue weighted by molar-refractivity contribution is -0.133. The van der Waals surface area contributed by atoms with Gasteiger partial charge in [-0.2, -0.15) is 0 Å². The molecule has 1 amide bonds. The molecule has 1 aromatic carbocycles. The van der Waals surface area contributed by atoms with E-state index < -0.39 is 6.04 Å². The molecule has 0 N–H and O–H groups in total. The average Bonchev–Trinajstić information content (AvgIpc) is 3.00. The molecule has 3 rings (SSSR count). The number of rotatable bonds is 2. The molecule has 1 aromatic heterocycles. The number of hydrogen-bond acceptors (Lipinski definition) is 3. The first-order valence-corrected chi connectivity index (χ1v) is 7.36. The second-order valence-electron chi connectivity index (χ2n) is 5.56. The molecule has 1 saturated heterocycles.